The van der Waals surface area contributed by atoms with Crippen LogP contribution in [0.25, 0.3) is 11.3 Å². The first-order chi connectivity index (χ1) is 15.8. The minimum Gasteiger partial charge on any atom is -0.340 e. The molecule has 1 N–H and O–H groups in total. The fourth-order valence-corrected chi connectivity index (χ4v) is 4.15. The molecule has 0 unspecified atom stereocenters. The molecule has 0 aliphatic rings. The molecular weight excluding hydrogens is 455 g/mol. The Balaban J connectivity index is 1.93. The number of rotatable bonds is 5. The number of hydrogen-bond acceptors (Lipinski definition) is 2. The van der Waals surface area contributed by atoms with Gasteiger partial charge in [0.25, 0.3) is 5.91 Å². The molecule has 0 aliphatic heterocycles. The second-order valence-electron chi connectivity index (χ2n) is 7.84. The van der Waals surface area contributed by atoms with E-state index in [4.69, 9.17) is 23.2 Å². The van der Waals surface area contributed by atoms with Crippen molar-refractivity contribution in [2.24, 2.45) is 0 Å². The molecule has 4 rings (SSSR count). The van der Waals surface area contributed by atoms with E-state index >= 15 is 0 Å². The summed E-state index contributed by atoms with van der Waals surface area (Å²) in [5, 5.41) is 4.00. The highest BCUT2D eigenvalue weighted by Gasteiger charge is 2.23. The van der Waals surface area contributed by atoms with E-state index in [1.807, 2.05) is 85.1 Å². The lowest BCUT2D eigenvalue weighted by molar-refractivity contribution is 0.102. The van der Waals surface area contributed by atoms with Crippen LogP contribution in [0.1, 0.15) is 27.2 Å². The van der Waals surface area contributed by atoms with E-state index in [9.17, 15) is 9.59 Å². The Hall–Kier alpha value is -3.34. The molecule has 166 valence electrons. The highest BCUT2D eigenvalue weighted by Crippen LogP contribution is 2.31. The third-order valence-corrected chi connectivity index (χ3v) is 6.10. The molecule has 0 radical (unpaired) electrons. The molecule has 4 aromatic rings. The van der Waals surface area contributed by atoms with E-state index in [1.54, 1.807) is 6.07 Å². The molecule has 4 nitrogen and oxygen atoms in total. The zero-order chi connectivity index (χ0) is 23.5. The Labute approximate surface area is 202 Å². The van der Waals surface area contributed by atoms with Crippen molar-refractivity contribution < 1.29 is 4.79 Å². The van der Waals surface area contributed by atoms with Gasteiger partial charge in [-0.1, -0.05) is 71.7 Å². The van der Waals surface area contributed by atoms with Crippen molar-refractivity contribution in [2.75, 3.05) is 5.32 Å². The van der Waals surface area contributed by atoms with Gasteiger partial charge in [-0.2, -0.15) is 0 Å². The van der Waals surface area contributed by atoms with Gasteiger partial charge in [0.05, 0.1) is 5.69 Å². The fourth-order valence-electron chi connectivity index (χ4n) is 3.79. The normalized spacial score (nSPS) is 10.8. The number of halogens is 2. The topological polar surface area (TPSA) is 51.1 Å². The highest BCUT2D eigenvalue weighted by atomic mass is 35.5. The van der Waals surface area contributed by atoms with Crippen molar-refractivity contribution >= 4 is 34.8 Å². The number of benzene rings is 3. The molecule has 0 saturated carbocycles. The van der Waals surface area contributed by atoms with Gasteiger partial charge in [0, 0.05) is 39.6 Å². The smallest absolute Gasteiger partial charge is 0.261 e. The Morgan fingerprint density at radius 3 is 2.27 bits per heavy atom. The standard InChI is InChI=1S/C27H22Cl2N2O2/c1-17-7-3-6-10-23(17)30-27(33)25-24(32)15-18(2)31(16-19-11-13-20(28)14-12-19)26(25)21-8-4-5-9-22(21)29/h3-15H,16H2,1-2H3,(H,30,33). The molecule has 6 heteroatoms. The fraction of sp³-hybridized carbons (Fsp3) is 0.111. The van der Waals surface area contributed by atoms with E-state index in [2.05, 4.69) is 5.32 Å². The van der Waals surface area contributed by atoms with Crippen molar-refractivity contribution in [3.8, 4) is 11.3 Å². The average Bonchev–Trinajstić information content (AvgIpc) is 2.78. The van der Waals surface area contributed by atoms with E-state index < -0.39 is 5.91 Å². The second-order valence-corrected chi connectivity index (χ2v) is 8.68. The molecule has 0 saturated heterocycles. The van der Waals surface area contributed by atoms with Gasteiger partial charge in [0.1, 0.15) is 5.56 Å². The van der Waals surface area contributed by atoms with Crippen LogP contribution < -0.4 is 10.7 Å². The molecule has 0 fully saturated rings. The van der Waals surface area contributed by atoms with Gasteiger partial charge in [-0.15, -0.1) is 0 Å². The number of aryl methyl sites for hydroxylation is 2. The molecule has 0 bridgehead atoms. The predicted octanol–water partition coefficient (Wildman–Crippen LogP) is 6.74. The van der Waals surface area contributed by atoms with Gasteiger partial charge in [0.15, 0.2) is 5.43 Å². The summed E-state index contributed by atoms with van der Waals surface area (Å²) in [6, 6.07) is 23.6. The molecule has 0 aliphatic carbocycles. The summed E-state index contributed by atoms with van der Waals surface area (Å²) in [6.45, 7) is 4.19. The monoisotopic (exact) mass is 476 g/mol. The van der Waals surface area contributed by atoms with Crippen molar-refractivity contribution in [3.05, 3.63) is 122 Å². The molecule has 33 heavy (non-hydrogen) atoms. The van der Waals surface area contributed by atoms with Crippen LogP contribution in [-0.2, 0) is 6.54 Å². The van der Waals surface area contributed by atoms with E-state index in [1.165, 1.54) is 6.07 Å². The summed E-state index contributed by atoms with van der Waals surface area (Å²) in [4.78, 5) is 26.6. The first kappa shape index (κ1) is 22.8. The van der Waals surface area contributed by atoms with E-state index in [0.29, 0.717) is 33.5 Å². The Morgan fingerprint density at radius 1 is 0.909 bits per heavy atom. The van der Waals surface area contributed by atoms with Crippen LogP contribution in [-0.4, -0.2) is 10.5 Å². The van der Waals surface area contributed by atoms with E-state index in [-0.39, 0.29) is 11.0 Å². The van der Waals surface area contributed by atoms with Crippen LogP contribution in [0.2, 0.25) is 10.0 Å². The zero-order valence-electron chi connectivity index (χ0n) is 18.2. The predicted molar refractivity (Wildman–Crippen MR) is 136 cm³/mol. The number of pyridine rings is 1. The zero-order valence-corrected chi connectivity index (χ0v) is 19.7. The van der Waals surface area contributed by atoms with Crippen LogP contribution in [0.15, 0.2) is 83.7 Å². The third-order valence-electron chi connectivity index (χ3n) is 5.52. The molecule has 0 atom stereocenters. The summed E-state index contributed by atoms with van der Waals surface area (Å²) < 4.78 is 1.94. The molecule has 1 amide bonds. The molecule has 1 heterocycles. The number of hydrogen-bond donors (Lipinski definition) is 1. The lowest BCUT2D eigenvalue weighted by Gasteiger charge is -2.21. The Bertz CT molecular complexity index is 1390. The maximum absolute atomic E-state index is 13.5. The number of nitrogens with zero attached hydrogens (tertiary/aromatic N) is 1. The van der Waals surface area contributed by atoms with Gasteiger partial charge >= 0.3 is 0 Å². The van der Waals surface area contributed by atoms with Crippen molar-refractivity contribution in [2.45, 2.75) is 20.4 Å². The minimum atomic E-state index is -0.478. The number of carbonyl (C=O) groups excluding carboxylic acids is 1. The lowest BCUT2D eigenvalue weighted by Crippen LogP contribution is -2.27. The van der Waals surface area contributed by atoms with Crippen LogP contribution in [0, 0.1) is 13.8 Å². The molecule has 0 spiro atoms. The van der Waals surface area contributed by atoms with Gasteiger partial charge in [-0.05, 0) is 49.2 Å². The van der Waals surface area contributed by atoms with Gasteiger partial charge in [0.2, 0.25) is 0 Å². The van der Waals surface area contributed by atoms with Crippen LogP contribution >= 0.6 is 23.2 Å². The van der Waals surface area contributed by atoms with Crippen molar-refractivity contribution in [1.82, 2.24) is 4.57 Å². The first-order valence-electron chi connectivity index (χ1n) is 10.5. The second kappa shape index (κ2) is 9.65. The Kier molecular flexibility index (Phi) is 6.68. The highest BCUT2D eigenvalue weighted by molar-refractivity contribution is 6.33. The number of para-hydroxylation sites is 1. The molecular formula is C27H22Cl2N2O2. The van der Waals surface area contributed by atoms with Crippen LogP contribution in [0.5, 0.6) is 0 Å². The number of nitrogens with one attached hydrogen (secondary N) is 1. The number of carbonyl (C=O) groups is 1. The Morgan fingerprint density at radius 2 is 1.58 bits per heavy atom. The number of amides is 1. The van der Waals surface area contributed by atoms with Crippen molar-refractivity contribution in [1.29, 1.82) is 0 Å². The van der Waals surface area contributed by atoms with Gasteiger partial charge < -0.3 is 9.88 Å². The molecule has 3 aromatic carbocycles. The van der Waals surface area contributed by atoms with Gasteiger partial charge in [-0.3, -0.25) is 9.59 Å². The summed E-state index contributed by atoms with van der Waals surface area (Å²) in [5.41, 5.74) is 4.03. The average molecular weight is 477 g/mol. The largest absolute Gasteiger partial charge is 0.340 e. The van der Waals surface area contributed by atoms with Crippen LogP contribution in [0.4, 0.5) is 5.69 Å². The minimum absolute atomic E-state index is 0.0471. The van der Waals surface area contributed by atoms with Crippen molar-refractivity contribution in [3.63, 3.8) is 0 Å². The maximum atomic E-state index is 13.5. The van der Waals surface area contributed by atoms with E-state index in [0.717, 1.165) is 16.8 Å². The maximum Gasteiger partial charge on any atom is 0.261 e. The number of anilines is 1. The summed E-state index contributed by atoms with van der Waals surface area (Å²) >= 11 is 12.6. The summed E-state index contributed by atoms with van der Waals surface area (Å²) in [5.74, 6) is -0.478. The molecule has 1 aromatic heterocycles. The third kappa shape index (κ3) is 4.87. The SMILES string of the molecule is Cc1ccccc1NC(=O)c1c(-c2ccccc2Cl)n(Cc2ccc(Cl)cc2)c(C)cc1=O. The number of aromatic nitrogens is 1. The first-order valence-corrected chi connectivity index (χ1v) is 11.2. The quantitative estimate of drug-likeness (QED) is 0.346. The summed E-state index contributed by atoms with van der Waals surface area (Å²) in [7, 11) is 0. The summed E-state index contributed by atoms with van der Waals surface area (Å²) in [6.07, 6.45) is 0. The van der Waals surface area contributed by atoms with Gasteiger partial charge in [-0.25, -0.2) is 0 Å². The lowest BCUT2D eigenvalue weighted by atomic mass is 10.0. The van der Waals surface area contributed by atoms with Crippen LogP contribution in [0.3, 0.4) is 0 Å².